The van der Waals surface area contributed by atoms with Crippen molar-refractivity contribution < 1.29 is 0 Å². The fourth-order valence-corrected chi connectivity index (χ4v) is 4.19. The molecule has 4 heterocycles. The van der Waals surface area contributed by atoms with Crippen LogP contribution in [0.25, 0.3) is 10.9 Å². The Morgan fingerprint density at radius 2 is 2.00 bits per heavy atom. The topological polar surface area (TPSA) is 31.1 Å². The maximum absolute atomic E-state index is 3.79. The Labute approximate surface area is 126 Å². The zero-order valence-corrected chi connectivity index (χ0v) is 13.1. The van der Waals surface area contributed by atoms with E-state index in [1.165, 1.54) is 60.2 Å². The molecule has 1 atom stereocenters. The largest absolute Gasteiger partial charge is 0.357 e. The third kappa shape index (κ3) is 2.49. The number of benzene rings is 1. The highest BCUT2D eigenvalue weighted by atomic mass is 15.2. The second-order valence-electron chi connectivity index (χ2n) is 6.96. The molecule has 112 valence electrons. The minimum atomic E-state index is 0.682. The third-order valence-corrected chi connectivity index (χ3v) is 5.36. The normalized spacial score (nSPS) is 28.4. The lowest BCUT2D eigenvalue weighted by molar-refractivity contribution is 0.0719. The van der Waals surface area contributed by atoms with Crippen LogP contribution >= 0.6 is 0 Å². The first-order chi connectivity index (χ1) is 10.2. The molecule has 0 spiro atoms. The van der Waals surface area contributed by atoms with Gasteiger partial charge in [0.05, 0.1) is 0 Å². The number of aromatic amines is 1. The maximum atomic E-state index is 3.79. The number of hydrogen-bond donors (Lipinski definition) is 2. The van der Waals surface area contributed by atoms with Gasteiger partial charge in [-0.2, -0.15) is 0 Å². The average molecular weight is 283 g/mol. The molecule has 0 amide bonds. The van der Waals surface area contributed by atoms with Crippen LogP contribution in [0.1, 0.15) is 29.7 Å². The number of piperidine rings is 3. The van der Waals surface area contributed by atoms with Crippen molar-refractivity contribution in [2.75, 3.05) is 19.6 Å². The first kappa shape index (κ1) is 13.4. The lowest BCUT2D eigenvalue weighted by atomic mass is 9.84. The predicted molar refractivity (Wildman–Crippen MR) is 87.6 cm³/mol. The van der Waals surface area contributed by atoms with Gasteiger partial charge in [-0.15, -0.1) is 0 Å². The number of aryl methyl sites for hydroxylation is 2. The van der Waals surface area contributed by atoms with Gasteiger partial charge in [0.25, 0.3) is 0 Å². The number of nitrogens with one attached hydrogen (secondary N) is 2. The standard InChI is InChI=1S/C18H25N3/c1-12-7-13(2)16-9-15(20-17(16)8-12)10-19-18-11-21-5-3-14(18)4-6-21/h7-9,14,18-20H,3-6,10-11H2,1-2H3. The Morgan fingerprint density at radius 3 is 2.71 bits per heavy atom. The van der Waals surface area contributed by atoms with E-state index in [4.69, 9.17) is 0 Å². The van der Waals surface area contributed by atoms with Gasteiger partial charge in [0.15, 0.2) is 0 Å². The zero-order chi connectivity index (χ0) is 14.4. The van der Waals surface area contributed by atoms with Gasteiger partial charge in [0, 0.05) is 35.7 Å². The molecule has 3 saturated heterocycles. The molecule has 2 N–H and O–H groups in total. The van der Waals surface area contributed by atoms with E-state index in [0.29, 0.717) is 6.04 Å². The Bertz CT molecular complexity index is 650. The number of hydrogen-bond acceptors (Lipinski definition) is 2. The van der Waals surface area contributed by atoms with E-state index in [-0.39, 0.29) is 0 Å². The monoisotopic (exact) mass is 283 g/mol. The molecule has 1 aromatic heterocycles. The van der Waals surface area contributed by atoms with Crippen LogP contribution in [0.5, 0.6) is 0 Å². The van der Waals surface area contributed by atoms with Crippen molar-refractivity contribution >= 4 is 10.9 Å². The quantitative estimate of drug-likeness (QED) is 0.907. The molecule has 3 heteroatoms. The summed E-state index contributed by atoms with van der Waals surface area (Å²) in [5.74, 6) is 0.892. The summed E-state index contributed by atoms with van der Waals surface area (Å²) in [6, 6.07) is 7.51. The van der Waals surface area contributed by atoms with E-state index in [2.05, 4.69) is 47.2 Å². The molecular weight excluding hydrogens is 258 g/mol. The van der Waals surface area contributed by atoms with Gasteiger partial charge in [0.2, 0.25) is 0 Å². The molecule has 5 rings (SSSR count). The van der Waals surface area contributed by atoms with Gasteiger partial charge in [-0.3, -0.25) is 0 Å². The summed E-state index contributed by atoms with van der Waals surface area (Å²) in [4.78, 5) is 6.19. The first-order valence-electron chi connectivity index (χ1n) is 8.23. The van der Waals surface area contributed by atoms with Crippen LogP contribution in [0.4, 0.5) is 0 Å². The molecule has 2 bridgehead atoms. The minimum Gasteiger partial charge on any atom is -0.357 e. The second-order valence-corrected chi connectivity index (χ2v) is 6.96. The Hall–Kier alpha value is -1.32. The summed E-state index contributed by atoms with van der Waals surface area (Å²) in [5.41, 5.74) is 5.29. The second kappa shape index (κ2) is 5.15. The van der Waals surface area contributed by atoms with Crippen LogP contribution < -0.4 is 5.32 Å². The minimum absolute atomic E-state index is 0.682. The lowest BCUT2D eigenvalue weighted by Crippen LogP contribution is -2.55. The number of fused-ring (bicyclic) bond motifs is 4. The molecule has 0 radical (unpaired) electrons. The van der Waals surface area contributed by atoms with Crippen LogP contribution in [0.2, 0.25) is 0 Å². The Kier molecular flexibility index (Phi) is 3.27. The van der Waals surface area contributed by atoms with Gasteiger partial charge in [0.1, 0.15) is 0 Å². The smallest absolute Gasteiger partial charge is 0.0461 e. The van der Waals surface area contributed by atoms with Gasteiger partial charge >= 0.3 is 0 Å². The summed E-state index contributed by atoms with van der Waals surface area (Å²) in [7, 11) is 0. The molecule has 21 heavy (non-hydrogen) atoms. The maximum Gasteiger partial charge on any atom is 0.0461 e. The fraction of sp³-hybridized carbons (Fsp3) is 0.556. The molecule has 3 aliphatic rings. The summed E-state index contributed by atoms with van der Waals surface area (Å²) in [5, 5.41) is 5.16. The molecule has 2 aromatic rings. The number of aromatic nitrogens is 1. The molecular formula is C18H25N3. The van der Waals surface area contributed by atoms with Crippen molar-refractivity contribution in [3.05, 3.63) is 35.0 Å². The van der Waals surface area contributed by atoms with Crippen LogP contribution in [0.15, 0.2) is 18.2 Å². The van der Waals surface area contributed by atoms with Gasteiger partial charge in [-0.05, 0) is 69.0 Å². The Balaban J connectivity index is 1.49. The Morgan fingerprint density at radius 1 is 1.19 bits per heavy atom. The van der Waals surface area contributed by atoms with Crippen LogP contribution in [-0.2, 0) is 6.54 Å². The van der Waals surface area contributed by atoms with E-state index < -0.39 is 0 Å². The van der Waals surface area contributed by atoms with E-state index in [0.717, 1.165) is 12.5 Å². The summed E-state index contributed by atoms with van der Waals surface area (Å²) < 4.78 is 0. The molecule has 0 aliphatic carbocycles. The summed E-state index contributed by atoms with van der Waals surface area (Å²) >= 11 is 0. The molecule has 1 unspecified atom stereocenters. The highest BCUT2D eigenvalue weighted by molar-refractivity contribution is 5.84. The molecule has 3 aliphatic heterocycles. The van der Waals surface area contributed by atoms with E-state index in [1.54, 1.807) is 0 Å². The highest BCUT2D eigenvalue weighted by Gasteiger charge is 2.33. The number of rotatable bonds is 3. The molecule has 0 saturated carbocycles. The average Bonchev–Trinajstić information content (AvgIpc) is 2.89. The summed E-state index contributed by atoms with van der Waals surface area (Å²) in [6.07, 6.45) is 2.76. The van der Waals surface area contributed by atoms with Crippen molar-refractivity contribution in [1.29, 1.82) is 0 Å². The lowest BCUT2D eigenvalue weighted by Gasteiger charge is -2.45. The van der Waals surface area contributed by atoms with Gasteiger partial charge in [-0.25, -0.2) is 0 Å². The van der Waals surface area contributed by atoms with Gasteiger partial charge in [-0.1, -0.05) is 6.07 Å². The summed E-state index contributed by atoms with van der Waals surface area (Å²) in [6.45, 7) is 9.19. The number of nitrogens with zero attached hydrogens (tertiary/aromatic N) is 1. The first-order valence-corrected chi connectivity index (χ1v) is 8.23. The van der Waals surface area contributed by atoms with Crippen LogP contribution in [0.3, 0.4) is 0 Å². The van der Waals surface area contributed by atoms with Crippen LogP contribution in [0, 0.1) is 19.8 Å². The van der Waals surface area contributed by atoms with Crippen molar-refractivity contribution in [1.82, 2.24) is 15.2 Å². The fourth-order valence-electron chi connectivity index (χ4n) is 4.19. The predicted octanol–water partition coefficient (Wildman–Crippen LogP) is 2.97. The van der Waals surface area contributed by atoms with Crippen molar-refractivity contribution in [2.45, 2.75) is 39.3 Å². The van der Waals surface area contributed by atoms with Crippen molar-refractivity contribution in [2.24, 2.45) is 5.92 Å². The SMILES string of the molecule is Cc1cc(C)c2cc(CNC3CN4CCC3CC4)[nH]c2c1. The third-order valence-electron chi connectivity index (χ3n) is 5.36. The molecule has 1 aromatic carbocycles. The van der Waals surface area contributed by atoms with E-state index in [1.807, 2.05) is 0 Å². The van der Waals surface area contributed by atoms with E-state index >= 15 is 0 Å². The molecule has 3 nitrogen and oxygen atoms in total. The van der Waals surface area contributed by atoms with E-state index in [9.17, 15) is 0 Å². The van der Waals surface area contributed by atoms with Crippen LogP contribution in [-0.4, -0.2) is 35.6 Å². The van der Waals surface area contributed by atoms with Crippen molar-refractivity contribution in [3.8, 4) is 0 Å². The van der Waals surface area contributed by atoms with Gasteiger partial charge < -0.3 is 15.2 Å². The number of H-pyrrole nitrogens is 1. The zero-order valence-electron chi connectivity index (χ0n) is 13.1. The van der Waals surface area contributed by atoms with Crippen molar-refractivity contribution in [3.63, 3.8) is 0 Å². The molecule has 3 fully saturated rings. The highest BCUT2D eigenvalue weighted by Crippen LogP contribution is 2.28.